The fraction of sp³-hybridized carbons (Fsp3) is 0.211. The van der Waals surface area contributed by atoms with E-state index in [2.05, 4.69) is 5.32 Å². The van der Waals surface area contributed by atoms with E-state index in [0.29, 0.717) is 29.5 Å². The van der Waals surface area contributed by atoms with Crippen molar-refractivity contribution in [3.63, 3.8) is 0 Å². The van der Waals surface area contributed by atoms with E-state index in [-0.39, 0.29) is 5.91 Å². The summed E-state index contributed by atoms with van der Waals surface area (Å²) in [6.07, 6.45) is 0.725. The molecule has 2 aromatic carbocycles. The van der Waals surface area contributed by atoms with Crippen LogP contribution in [0.25, 0.3) is 11.0 Å². The third kappa shape index (κ3) is 3.61. The molecule has 0 unspecified atom stereocenters. The first-order chi connectivity index (χ1) is 11.7. The molecule has 0 aliphatic carbocycles. The Hall–Kier alpha value is -2.30. The van der Waals surface area contributed by atoms with Gasteiger partial charge in [0.25, 0.3) is 5.91 Å². The second-order valence-electron chi connectivity index (χ2n) is 5.47. The number of fused-ring (bicyclic) bond motifs is 1. The molecular formula is C19H18ClNO3. The molecule has 1 heterocycles. The van der Waals surface area contributed by atoms with Crippen molar-refractivity contribution in [2.24, 2.45) is 0 Å². The summed E-state index contributed by atoms with van der Waals surface area (Å²) < 4.78 is 10.9. The topological polar surface area (TPSA) is 51.5 Å². The van der Waals surface area contributed by atoms with Gasteiger partial charge in [-0.1, -0.05) is 41.9 Å². The van der Waals surface area contributed by atoms with E-state index in [1.165, 1.54) is 0 Å². The van der Waals surface area contributed by atoms with Crippen LogP contribution in [0, 0.1) is 0 Å². The van der Waals surface area contributed by atoms with Gasteiger partial charge < -0.3 is 14.5 Å². The van der Waals surface area contributed by atoms with E-state index < -0.39 is 0 Å². The molecule has 0 spiro atoms. The van der Waals surface area contributed by atoms with Gasteiger partial charge in [0, 0.05) is 29.6 Å². The minimum absolute atomic E-state index is 0.229. The lowest BCUT2D eigenvalue weighted by Crippen LogP contribution is -2.26. The lowest BCUT2D eigenvalue weighted by Gasteiger charge is -2.05. The van der Waals surface area contributed by atoms with E-state index in [1.807, 2.05) is 48.5 Å². The summed E-state index contributed by atoms with van der Waals surface area (Å²) in [6, 6.07) is 15.2. The number of benzene rings is 2. The van der Waals surface area contributed by atoms with E-state index in [1.54, 1.807) is 7.11 Å². The number of amides is 1. The number of carbonyl (C=O) groups excluding carboxylic acids is 1. The van der Waals surface area contributed by atoms with Crippen molar-refractivity contribution in [2.75, 3.05) is 13.7 Å². The molecule has 24 heavy (non-hydrogen) atoms. The molecule has 5 heteroatoms. The van der Waals surface area contributed by atoms with Crippen molar-refractivity contribution in [3.05, 3.63) is 70.4 Å². The first kappa shape index (κ1) is 16.6. The van der Waals surface area contributed by atoms with Crippen LogP contribution in [0.3, 0.4) is 0 Å². The summed E-state index contributed by atoms with van der Waals surface area (Å²) in [7, 11) is 1.60. The third-order valence-electron chi connectivity index (χ3n) is 3.81. The fourth-order valence-corrected chi connectivity index (χ4v) is 2.75. The number of rotatable bonds is 6. The molecule has 0 fully saturated rings. The zero-order valence-corrected chi connectivity index (χ0v) is 14.1. The van der Waals surface area contributed by atoms with E-state index in [0.717, 1.165) is 22.9 Å². The summed E-state index contributed by atoms with van der Waals surface area (Å²) in [4.78, 5) is 12.5. The second kappa shape index (κ2) is 7.51. The van der Waals surface area contributed by atoms with Gasteiger partial charge in [-0.25, -0.2) is 0 Å². The zero-order valence-electron chi connectivity index (χ0n) is 13.3. The predicted molar refractivity (Wildman–Crippen MR) is 94.4 cm³/mol. The van der Waals surface area contributed by atoms with Gasteiger partial charge in [-0.2, -0.15) is 0 Å². The van der Waals surface area contributed by atoms with Crippen LogP contribution in [0.1, 0.15) is 21.7 Å². The Bertz CT molecular complexity index is 839. The maximum absolute atomic E-state index is 12.5. The van der Waals surface area contributed by atoms with Gasteiger partial charge in [0.05, 0.1) is 6.61 Å². The van der Waals surface area contributed by atoms with Crippen molar-refractivity contribution in [2.45, 2.75) is 13.0 Å². The van der Waals surface area contributed by atoms with Crippen molar-refractivity contribution >= 4 is 28.5 Å². The molecule has 1 aromatic heterocycles. The average Bonchev–Trinajstić information content (AvgIpc) is 2.96. The van der Waals surface area contributed by atoms with Crippen molar-refractivity contribution in [3.8, 4) is 0 Å². The Morgan fingerprint density at radius 2 is 1.92 bits per heavy atom. The number of furan rings is 1. The van der Waals surface area contributed by atoms with Crippen LogP contribution in [0.2, 0.25) is 5.02 Å². The van der Waals surface area contributed by atoms with Crippen LogP contribution in [-0.2, 0) is 17.8 Å². The minimum Gasteiger partial charge on any atom is -0.451 e. The second-order valence-corrected chi connectivity index (χ2v) is 5.91. The fourth-order valence-electron chi connectivity index (χ4n) is 2.62. The van der Waals surface area contributed by atoms with Crippen molar-refractivity contribution in [1.82, 2.24) is 5.32 Å². The van der Waals surface area contributed by atoms with Crippen LogP contribution in [-0.4, -0.2) is 19.6 Å². The molecule has 4 nitrogen and oxygen atoms in total. The van der Waals surface area contributed by atoms with E-state index in [9.17, 15) is 4.79 Å². The normalized spacial score (nSPS) is 10.9. The number of halogens is 1. The smallest absolute Gasteiger partial charge is 0.287 e. The zero-order chi connectivity index (χ0) is 16.9. The van der Waals surface area contributed by atoms with Crippen molar-refractivity contribution < 1.29 is 13.9 Å². The Morgan fingerprint density at radius 3 is 2.67 bits per heavy atom. The summed E-state index contributed by atoms with van der Waals surface area (Å²) in [6.45, 7) is 0.848. The summed E-state index contributed by atoms with van der Waals surface area (Å²) in [5, 5.41) is 4.51. The van der Waals surface area contributed by atoms with Crippen LogP contribution < -0.4 is 5.32 Å². The Balaban J connectivity index is 1.71. The van der Waals surface area contributed by atoms with Crippen molar-refractivity contribution in [1.29, 1.82) is 0 Å². The van der Waals surface area contributed by atoms with Crippen LogP contribution in [0.4, 0.5) is 0 Å². The Morgan fingerprint density at radius 1 is 1.17 bits per heavy atom. The third-order valence-corrected chi connectivity index (χ3v) is 4.06. The molecule has 0 atom stereocenters. The van der Waals surface area contributed by atoms with Gasteiger partial charge in [0.15, 0.2) is 5.76 Å². The molecule has 1 amide bonds. The van der Waals surface area contributed by atoms with Gasteiger partial charge in [-0.05, 0) is 30.2 Å². The molecule has 0 saturated heterocycles. The predicted octanol–water partition coefficient (Wildman–Crippen LogP) is 4.21. The number of nitrogens with one attached hydrogen (secondary N) is 1. The molecular weight excluding hydrogens is 326 g/mol. The van der Waals surface area contributed by atoms with Crippen LogP contribution >= 0.6 is 11.6 Å². The molecule has 0 bridgehead atoms. The standard InChI is InChI=1S/C19H18ClNO3/c1-23-12-16-15-4-2-3-5-17(15)24-18(16)19(22)21-11-10-13-6-8-14(20)9-7-13/h2-9H,10-12H2,1H3,(H,21,22). The highest BCUT2D eigenvalue weighted by Gasteiger charge is 2.19. The maximum Gasteiger partial charge on any atom is 0.287 e. The molecule has 0 saturated carbocycles. The lowest BCUT2D eigenvalue weighted by atomic mass is 10.1. The molecule has 3 aromatic rings. The number of hydrogen-bond donors (Lipinski definition) is 1. The Kier molecular flexibility index (Phi) is 5.18. The highest BCUT2D eigenvalue weighted by molar-refractivity contribution is 6.30. The number of carbonyl (C=O) groups is 1. The van der Waals surface area contributed by atoms with Gasteiger partial charge in [-0.3, -0.25) is 4.79 Å². The molecule has 0 aliphatic rings. The van der Waals surface area contributed by atoms with Gasteiger partial charge in [-0.15, -0.1) is 0 Å². The van der Waals surface area contributed by atoms with Gasteiger partial charge >= 0.3 is 0 Å². The first-order valence-electron chi connectivity index (χ1n) is 7.71. The SMILES string of the molecule is COCc1c(C(=O)NCCc2ccc(Cl)cc2)oc2ccccc12. The summed E-state index contributed by atoms with van der Waals surface area (Å²) in [5.41, 5.74) is 2.57. The first-order valence-corrected chi connectivity index (χ1v) is 8.09. The number of methoxy groups -OCH3 is 1. The molecule has 1 N–H and O–H groups in total. The minimum atomic E-state index is -0.229. The molecule has 0 radical (unpaired) electrons. The number of hydrogen-bond acceptors (Lipinski definition) is 3. The van der Waals surface area contributed by atoms with E-state index >= 15 is 0 Å². The largest absolute Gasteiger partial charge is 0.451 e. The highest BCUT2D eigenvalue weighted by atomic mass is 35.5. The highest BCUT2D eigenvalue weighted by Crippen LogP contribution is 2.26. The average molecular weight is 344 g/mol. The van der Waals surface area contributed by atoms with Crippen LogP contribution in [0.5, 0.6) is 0 Å². The quantitative estimate of drug-likeness (QED) is 0.729. The monoisotopic (exact) mass is 343 g/mol. The Labute approximate surface area is 145 Å². The summed E-state index contributed by atoms with van der Waals surface area (Å²) >= 11 is 5.87. The van der Waals surface area contributed by atoms with Gasteiger partial charge in [0.2, 0.25) is 0 Å². The summed E-state index contributed by atoms with van der Waals surface area (Å²) in [5.74, 6) is 0.0846. The number of ether oxygens (including phenoxy) is 1. The van der Waals surface area contributed by atoms with Crippen LogP contribution in [0.15, 0.2) is 52.9 Å². The number of para-hydroxylation sites is 1. The molecule has 124 valence electrons. The van der Waals surface area contributed by atoms with E-state index in [4.69, 9.17) is 20.8 Å². The molecule has 3 rings (SSSR count). The van der Waals surface area contributed by atoms with Gasteiger partial charge in [0.1, 0.15) is 5.58 Å². The lowest BCUT2D eigenvalue weighted by molar-refractivity contribution is 0.0922. The molecule has 0 aliphatic heterocycles. The maximum atomic E-state index is 12.5.